The molecule has 3 nitrogen and oxygen atoms in total. The van der Waals surface area contributed by atoms with Crippen molar-refractivity contribution in [3.63, 3.8) is 0 Å². The number of hydrogen-bond acceptors (Lipinski definition) is 1. The van der Waals surface area contributed by atoms with Crippen molar-refractivity contribution in [3.05, 3.63) is 65.6 Å². The van der Waals surface area contributed by atoms with Gasteiger partial charge in [0.25, 0.3) is 0 Å². The van der Waals surface area contributed by atoms with E-state index in [2.05, 4.69) is 86.1 Å². The number of H-pyrrole nitrogens is 2. The van der Waals surface area contributed by atoms with E-state index in [-0.39, 0.29) is 10.8 Å². The summed E-state index contributed by atoms with van der Waals surface area (Å²) in [6.45, 7) is 11.5. The zero-order valence-electron chi connectivity index (χ0n) is 16.3. The first kappa shape index (κ1) is 16.9. The van der Waals surface area contributed by atoms with Crippen LogP contribution in [0, 0.1) is 0 Å². The van der Waals surface area contributed by atoms with E-state index < -0.39 is 0 Å². The van der Waals surface area contributed by atoms with E-state index in [0.717, 1.165) is 12.1 Å². The van der Waals surface area contributed by atoms with Gasteiger partial charge in [-0.25, -0.2) is 4.98 Å². The van der Waals surface area contributed by atoms with Crippen LogP contribution in [0.3, 0.4) is 0 Å². The Labute approximate surface area is 154 Å². The number of nitrogens with one attached hydrogen (secondary N) is 2. The van der Waals surface area contributed by atoms with Gasteiger partial charge in [-0.15, -0.1) is 0 Å². The van der Waals surface area contributed by atoms with Crippen molar-refractivity contribution in [3.8, 4) is 0 Å². The lowest BCUT2D eigenvalue weighted by Gasteiger charge is -2.27. The molecule has 0 bridgehead atoms. The van der Waals surface area contributed by atoms with Crippen molar-refractivity contribution in [1.82, 2.24) is 15.0 Å². The molecule has 3 heterocycles. The molecule has 0 radical (unpaired) electrons. The van der Waals surface area contributed by atoms with E-state index in [1.165, 1.54) is 33.0 Å². The smallest absolute Gasteiger partial charge is 0.137 e. The summed E-state index contributed by atoms with van der Waals surface area (Å²) in [6.07, 6.45) is 6.92. The van der Waals surface area contributed by atoms with Crippen LogP contribution in [0.4, 0.5) is 0 Å². The second-order valence-electron chi connectivity index (χ2n) is 8.95. The fourth-order valence-electron chi connectivity index (χ4n) is 4.12. The molecule has 0 aliphatic heterocycles. The van der Waals surface area contributed by atoms with Crippen molar-refractivity contribution < 1.29 is 0 Å². The van der Waals surface area contributed by atoms with E-state index in [0.29, 0.717) is 0 Å². The maximum absolute atomic E-state index is 4.44. The highest BCUT2D eigenvalue weighted by molar-refractivity contribution is 5.87. The Balaban J connectivity index is 1.80. The molecule has 0 aliphatic carbocycles. The number of fused-ring (bicyclic) bond motifs is 2. The molecule has 0 amide bonds. The van der Waals surface area contributed by atoms with Crippen LogP contribution in [0.25, 0.3) is 21.9 Å². The number of hydrogen-bond donors (Lipinski definition) is 2. The van der Waals surface area contributed by atoms with Crippen molar-refractivity contribution in [1.29, 1.82) is 0 Å². The molecule has 0 atom stereocenters. The van der Waals surface area contributed by atoms with Gasteiger partial charge in [0.2, 0.25) is 0 Å². The lowest BCUT2D eigenvalue weighted by atomic mass is 9.77. The average Bonchev–Trinajstić information content (AvgIpc) is 3.22. The van der Waals surface area contributed by atoms with Crippen LogP contribution in [0.1, 0.15) is 51.3 Å². The summed E-state index contributed by atoms with van der Waals surface area (Å²) >= 11 is 0. The summed E-state index contributed by atoms with van der Waals surface area (Å²) in [4.78, 5) is 11.1. The Morgan fingerprint density at radius 3 is 2.31 bits per heavy atom. The van der Waals surface area contributed by atoms with Crippen molar-refractivity contribution in [2.24, 2.45) is 0 Å². The molecule has 0 saturated carbocycles. The number of pyridine rings is 1. The minimum Gasteiger partial charge on any atom is -0.361 e. The second-order valence-corrected chi connectivity index (χ2v) is 8.95. The lowest BCUT2D eigenvalue weighted by Crippen LogP contribution is -2.21. The zero-order valence-corrected chi connectivity index (χ0v) is 16.3. The first-order valence-corrected chi connectivity index (χ1v) is 9.29. The van der Waals surface area contributed by atoms with Crippen LogP contribution < -0.4 is 0 Å². The molecule has 0 aliphatic rings. The van der Waals surface area contributed by atoms with E-state index in [4.69, 9.17) is 0 Å². The SMILES string of the molecule is CC(C)(C)c1ccc(CC(C)(C)c2ccnc3[nH]ccc23)c2cc[nH]c12. The van der Waals surface area contributed by atoms with Crippen LogP contribution in [0.5, 0.6) is 0 Å². The Hall–Kier alpha value is -2.55. The average molecular weight is 345 g/mol. The van der Waals surface area contributed by atoms with E-state index >= 15 is 0 Å². The predicted octanol–water partition coefficient (Wildman–Crippen LogP) is 5.86. The molecule has 0 saturated heterocycles. The maximum atomic E-state index is 4.44. The quantitative estimate of drug-likeness (QED) is 0.480. The highest BCUT2D eigenvalue weighted by atomic mass is 14.8. The third-order valence-electron chi connectivity index (χ3n) is 5.44. The highest BCUT2D eigenvalue weighted by Gasteiger charge is 2.26. The van der Waals surface area contributed by atoms with Gasteiger partial charge >= 0.3 is 0 Å². The van der Waals surface area contributed by atoms with Crippen molar-refractivity contribution in [2.75, 3.05) is 0 Å². The number of rotatable bonds is 3. The van der Waals surface area contributed by atoms with E-state index in [9.17, 15) is 0 Å². The molecule has 3 heteroatoms. The Kier molecular flexibility index (Phi) is 3.72. The maximum Gasteiger partial charge on any atom is 0.137 e. The largest absolute Gasteiger partial charge is 0.361 e. The minimum absolute atomic E-state index is 0.0107. The van der Waals surface area contributed by atoms with Crippen LogP contribution in [0.15, 0.2) is 48.9 Å². The highest BCUT2D eigenvalue weighted by Crippen LogP contribution is 2.36. The monoisotopic (exact) mass is 345 g/mol. The van der Waals surface area contributed by atoms with Crippen LogP contribution in [-0.2, 0) is 17.3 Å². The molecule has 0 unspecified atom stereocenters. The van der Waals surface area contributed by atoms with Gasteiger partial charge in [-0.2, -0.15) is 0 Å². The predicted molar refractivity (Wildman–Crippen MR) is 110 cm³/mol. The van der Waals surface area contributed by atoms with Gasteiger partial charge < -0.3 is 9.97 Å². The van der Waals surface area contributed by atoms with Gasteiger partial charge in [0.15, 0.2) is 0 Å². The molecule has 2 N–H and O–H groups in total. The summed E-state index contributed by atoms with van der Waals surface area (Å²) in [5.41, 5.74) is 6.47. The first-order valence-electron chi connectivity index (χ1n) is 9.29. The third kappa shape index (κ3) is 2.72. The van der Waals surface area contributed by atoms with E-state index in [1.54, 1.807) is 0 Å². The molecule has 4 rings (SSSR count). The van der Waals surface area contributed by atoms with Gasteiger partial charge in [-0.3, -0.25) is 0 Å². The molecule has 134 valence electrons. The summed E-state index contributed by atoms with van der Waals surface area (Å²) in [6, 6.07) is 11.1. The molecule has 0 spiro atoms. The van der Waals surface area contributed by atoms with Crippen LogP contribution in [0.2, 0.25) is 0 Å². The summed E-state index contributed by atoms with van der Waals surface area (Å²) < 4.78 is 0. The normalized spacial score (nSPS) is 13.0. The molecule has 3 aromatic heterocycles. The number of nitrogens with zero attached hydrogens (tertiary/aromatic N) is 1. The molecule has 0 fully saturated rings. The zero-order chi connectivity index (χ0) is 18.5. The van der Waals surface area contributed by atoms with Gasteiger partial charge in [-0.1, -0.05) is 46.8 Å². The van der Waals surface area contributed by atoms with Gasteiger partial charge in [0, 0.05) is 34.9 Å². The van der Waals surface area contributed by atoms with Crippen LogP contribution in [-0.4, -0.2) is 15.0 Å². The summed E-state index contributed by atoms with van der Waals surface area (Å²) in [5, 5.41) is 2.55. The van der Waals surface area contributed by atoms with Gasteiger partial charge in [0.05, 0.1) is 0 Å². The van der Waals surface area contributed by atoms with Gasteiger partial charge in [0.1, 0.15) is 5.65 Å². The van der Waals surface area contributed by atoms with Crippen molar-refractivity contribution >= 4 is 21.9 Å². The Morgan fingerprint density at radius 2 is 1.54 bits per heavy atom. The molecular weight excluding hydrogens is 318 g/mol. The van der Waals surface area contributed by atoms with E-state index in [1.807, 2.05) is 12.4 Å². The fraction of sp³-hybridized carbons (Fsp3) is 0.348. The number of aromatic amines is 2. The first-order chi connectivity index (χ1) is 12.3. The molecule has 4 aromatic rings. The molecule has 26 heavy (non-hydrogen) atoms. The van der Waals surface area contributed by atoms with Crippen molar-refractivity contribution in [2.45, 2.75) is 51.9 Å². The minimum atomic E-state index is 0.0107. The Bertz CT molecular complexity index is 1070. The number of benzene rings is 1. The topological polar surface area (TPSA) is 44.5 Å². The molecule has 1 aromatic carbocycles. The second kappa shape index (κ2) is 5.73. The van der Waals surface area contributed by atoms with Gasteiger partial charge in [-0.05, 0) is 52.1 Å². The standard InChI is InChI=1S/C23H27N3/c1-22(2,3)19-7-6-15(16-8-11-24-20(16)19)14-23(4,5)18-10-13-26-21-17(18)9-12-25-21/h6-13,24H,14H2,1-5H3,(H,25,26). The summed E-state index contributed by atoms with van der Waals surface area (Å²) in [7, 11) is 0. The lowest BCUT2D eigenvalue weighted by molar-refractivity contribution is 0.528. The summed E-state index contributed by atoms with van der Waals surface area (Å²) in [5.74, 6) is 0. The number of aromatic nitrogens is 3. The molecular formula is C23H27N3. The Morgan fingerprint density at radius 1 is 0.808 bits per heavy atom. The fourth-order valence-corrected chi connectivity index (χ4v) is 4.12. The third-order valence-corrected chi connectivity index (χ3v) is 5.44. The van der Waals surface area contributed by atoms with Crippen LogP contribution >= 0.6 is 0 Å².